The van der Waals surface area contributed by atoms with Crippen molar-refractivity contribution in [3.05, 3.63) is 35.4 Å². The Kier molecular flexibility index (Phi) is 6.27. The Morgan fingerprint density at radius 2 is 1.72 bits per heavy atom. The van der Waals surface area contributed by atoms with Crippen LogP contribution in [0.25, 0.3) is 0 Å². The van der Waals surface area contributed by atoms with Crippen LogP contribution in [-0.2, 0) is 6.42 Å². The van der Waals surface area contributed by atoms with Gasteiger partial charge in [-0.1, -0.05) is 45.0 Å². The van der Waals surface area contributed by atoms with E-state index in [1.165, 1.54) is 5.56 Å². The van der Waals surface area contributed by atoms with Crippen LogP contribution in [0, 0.1) is 5.92 Å². The van der Waals surface area contributed by atoms with Crippen molar-refractivity contribution in [2.45, 2.75) is 46.1 Å². The van der Waals surface area contributed by atoms with Crippen molar-refractivity contribution in [3.8, 4) is 0 Å². The predicted molar refractivity (Wildman–Crippen MR) is 72.0 cm³/mol. The fourth-order valence-electron chi connectivity index (χ4n) is 1.98. The number of halogens is 2. The van der Waals surface area contributed by atoms with Gasteiger partial charge in [0.25, 0.3) is 6.43 Å². The van der Waals surface area contributed by atoms with Gasteiger partial charge in [0.2, 0.25) is 0 Å². The first kappa shape index (κ1) is 15.1. The van der Waals surface area contributed by atoms with Gasteiger partial charge in [0.1, 0.15) is 0 Å². The first-order valence-corrected chi connectivity index (χ1v) is 6.65. The maximum atomic E-state index is 13.0. The molecule has 102 valence electrons. The SMILES string of the molecule is CCCNC(c1ccc(CC(C)C)cc1)C(F)F. The summed E-state index contributed by atoms with van der Waals surface area (Å²) in [5.74, 6) is 0.583. The molecule has 1 nitrogen and oxygen atoms in total. The van der Waals surface area contributed by atoms with E-state index in [0.717, 1.165) is 12.8 Å². The molecule has 0 bridgehead atoms. The van der Waals surface area contributed by atoms with E-state index in [2.05, 4.69) is 19.2 Å². The van der Waals surface area contributed by atoms with E-state index in [9.17, 15) is 8.78 Å². The third-order valence-electron chi connectivity index (χ3n) is 2.85. The van der Waals surface area contributed by atoms with Crippen LogP contribution in [-0.4, -0.2) is 13.0 Å². The average Bonchev–Trinajstić information content (AvgIpc) is 2.30. The van der Waals surface area contributed by atoms with Gasteiger partial charge < -0.3 is 5.32 Å². The third-order valence-corrected chi connectivity index (χ3v) is 2.85. The molecule has 1 atom stereocenters. The molecule has 0 aromatic heterocycles. The second-order valence-electron chi connectivity index (χ2n) is 5.11. The van der Waals surface area contributed by atoms with Crippen LogP contribution in [0.5, 0.6) is 0 Å². The van der Waals surface area contributed by atoms with Crippen LogP contribution in [0.3, 0.4) is 0 Å². The number of hydrogen-bond donors (Lipinski definition) is 1. The Morgan fingerprint density at radius 3 is 2.17 bits per heavy atom. The normalized spacial score (nSPS) is 13.3. The maximum Gasteiger partial charge on any atom is 0.257 e. The van der Waals surface area contributed by atoms with Gasteiger partial charge in [-0.25, -0.2) is 8.78 Å². The molecule has 0 aliphatic heterocycles. The lowest BCUT2D eigenvalue weighted by atomic mass is 9.99. The van der Waals surface area contributed by atoms with E-state index < -0.39 is 12.5 Å². The van der Waals surface area contributed by atoms with Gasteiger partial charge in [0.15, 0.2) is 0 Å². The van der Waals surface area contributed by atoms with Gasteiger partial charge in [0.05, 0.1) is 6.04 Å². The first-order chi connectivity index (χ1) is 8.54. The molecule has 1 N–H and O–H groups in total. The van der Waals surface area contributed by atoms with Crippen molar-refractivity contribution in [3.63, 3.8) is 0 Å². The van der Waals surface area contributed by atoms with Crippen LogP contribution in [0.4, 0.5) is 8.78 Å². The minimum absolute atomic E-state index is 0.583. The Balaban J connectivity index is 2.73. The van der Waals surface area contributed by atoms with E-state index in [-0.39, 0.29) is 0 Å². The lowest BCUT2D eigenvalue weighted by Gasteiger charge is -2.18. The highest BCUT2D eigenvalue weighted by Gasteiger charge is 2.21. The highest BCUT2D eigenvalue weighted by Crippen LogP contribution is 2.21. The Morgan fingerprint density at radius 1 is 1.11 bits per heavy atom. The zero-order valence-electron chi connectivity index (χ0n) is 11.4. The topological polar surface area (TPSA) is 12.0 Å². The standard InChI is InChI=1S/C15H23F2N/c1-4-9-18-14(15(16)17)13-7-5-12(6-8-13)10-11(2)3/h5-8,11,14-15,18H,4,9-10H2,1-3H3. The van der Waals surface area contributed by atoms with Crippen molar-refractivity contribution < 1.29 is 8.78 Å². The van der Waals surface area contributed by atoms with Gasteiger partial charge in [0, 0.05) is 0 Å². The molecular weight excluding hydrogens is 232 g/mol. The largest absolute Gasteiger partial charge is 0.305 e. The number of nitrogens with one attached hydrogen (secondary N) is 1. The molecule has 0 saturated heterocycles. The Hall–Kier alpha value is -0.960. The van der Waals surface area contributed by atoms with Gasteiger partial charge in [-0.3, -0.25) is 0 Å². The van der Waals surface area contributed by atoms with Crippen molar-refractivity contribution in [1.29, 1.82) is 0 Å². The minimum Gasteiger partial charge on any atom is -0.305 e. The summed E-state index contributed by atoms with van der Waals surface area (Å²) in [6, 6.07) is 6.70. The highest BCUT2D eigenvalue weighted by atomic mass is 19.3. The average molecular weight is 255 g/mol. The second-order valence-corrected chi connectivity index (χ2v) is 5.11. The highest BCUT2D eigenvalue weighted by molar-refractivity contribution is 5.25. The van der Waals surface area contributed by atoms with Gasteiger partial charge in [-0.05, 0) is 36.4 Å². The summed E-state index contributed by atoms with van der Waals surface area (Å²) in [5, 5.41) is 2.90. The number of hydrogen-bond acceptors (Lipinski definition) is 1. The molecular formula is C15H23F2N. The summed E-state index contributed by atoms with van der Waals surface area (Å²) in [6.07, 6.45) is -0.524. The smallest absolute Gasteiger partial charge is 0.257 e. The van der Waals surface area contributed by atoms with E-state index in [4.69, 9.17) is 0 Å². The number of alkyl halides is 2. The summed E-state index contributed by atoms with van der Waals surface area (Å²) in [5.41, 5.74) is 1.88. The van der Waals surface area contributed by atoms with E-state index in [1.807, 2.05) is 31.2 Å². The first-order valence-electron chi connectivity index (χ1n) is 6.65. The Bertz CT molecular complexity index is 333. The molecule has 1 aromatic rings. The van der Waals surface area contributed by atoms with Crippen LogP contribution in [0.2, 0.25) is 0 Å². The number of rotatable bonds is 7. The minimum atomic E-state index is -2.37. The van der Waals surface area contributed by atoms with E-state index in [1.54, 1.807) is 0 Å². The lowest BCUT2D eigenvalue weighted by molar-refractivity contribution is 0.0985. The van der Waals surface area contributed by atoms with Crippen molar-refractivity contribution in [2.24, 2.45) is 5.92 Å². The van der Waals surface area contributed by atoms with Gasteiger partial charge >= 0.3 is 0 Å². The zero-order chi connectivity index (χ0) is 13.5. The van der Waals surface area contributed by atoms with Crippen LogP contribution in [0.15, 0.2) is 24.3 Å². The molecule has 1 unspecified atom stereocenters. The molecule has 18 heavy (non-hydrogen) atoms. The molecule has 0 heterocycles. The number of benzene rings is 1. The fourth-order valence-corrected chi connectivity index (χ4v) is 1.98. The van der Waals surface area contributed by atoms with E-state index >= 15 is 0 Å². The van der Waals surface area contributed by atoms with Crippen molar-refractivity contribution in [2.75, 3.05) is 6.54 Å². The van der Waals surface area contributed by atoms with Gasteiger partial charge in [-0.15, -0.1) is 0 Å². The molecule has 0 amide bonds. The van der Waals surface area contributed by atoms with Crippen molar-refractivity contribution >= 4 is 0 Å². The fraction of sp³-hybridized carbons (Fsp3) is 0.600. The van der Waals surface area contributed by atoms with Crippen LogP contribution in [0.1, 0.15) is 44.4 Å². The predicted octanol–water partition coefficient (Wildman–Crippen LogP) is 4.19. The molecule has 0 fully saturated rings. The summed E-state index contributed by atoms with van der Waals surface area (Å²) < 4.78 is 25.9. The van der Waals surface area contributed by atoms with Crippen molar-refractivity contribution in [1.82, 2.24) is 5.32 Å². The molecule has 0 radical (unpaired) electrons. The van der Waals surface area contributed by atoms with E-state index in [0.29, 0.717) is 18.0 Å². The zero-order valence-corrected chi connectivity index (χ0v) is 11.4. The maximum absolute atomic E-state index is 13.0. The monoisotopic (exact) mass is 255 g/mol. The molecule has 0 saturated carbocycles. The summed E-state index contributed by atoms with van der Waals surface area (Å²) >= 11 is 0. The van der Waals surface area contributed by atoms with Crippen LogP contribution < -0.4 is 5.32 Å². The second kappa shape index (κ2) is 7.47. The summed E-state index contributed by atoms with van der Waals surface area (Å²) in [4.78, 5) is 0. The molecule has 0 aliphatic carbocycles. The molecule has 1 rings (SSSR count). The molecule has 0 aliphatic rings. The summed E-state index contributed by atoms with van der Waals surface area (Å²) in [6.45, 7) is 6.89. The molecule has 1 aromatic carbocycles. The van der Waals surface area contributed by atoms with Gasteiger partial charge in [-0.2, -0.15) is 0 Å². The quantitative estimate of drug-likeness (QED) is 0.770. The Labute approximate surface area is 109 Å². The van der Waals surface area contributed by atoms with Crippen LogP contribution >= 0.6 is 0 Å². The third kappa shape index (κ3) is 4.73. The molecule has 3 heteroatoms. The molecule has 0 spiro atoms. The lowest BCUT2D eigenvalue weighted by Crippen LogP contribution is -2.27. The summed E-state index contributed by atoms with van der Waals surface area (Å²) in [7, 11) is 0.